The van der Waals surface area contributed by atoms with Gasteiger partial charge in [-0.25, -0.2) is 13.9 Å². The maximum Gasteiger partial charge on any atom is 0.319 e. The lowest BCUT2D eigenvalue weighted by molar-refractivity contribution is 0.251. The molecule has 0 bridgehead atoms. The van der Waals surface area contributed by atoms with Crippen molar-refractivity contribution < 1.29 is 9.18 Å². The number of halogens is 1. The third-order valence-corrected chi connectivity index (χ3v) is 4.35. The van der Waals surface area contributed by atoms with E-state index in [1.807, 2.05) is 48.5 Å². The van der Waals surface area contributed by atoms with Gasteiger partial charge in [-0.15, -0.1) is 5.10 Å². The molecule has 0 atom stereocenters. The Morgan fingerprint density at radius 2 is 1.82 bits per heavy atom. The standard InChI is InChI=1S/C21H18FN5O/c22-17-9-2-3-10-18(17)25-21(28)24-13-14-6-5-7-15(12-14)27-19-11-4-1-8-16(19)20(23)26-27/h1-12H,13H2,(H2,23,26)(H2,24,25,28). The van der Waals surface area contributed by atoms with Crippen molar-refractivity contribution in [3.8, 4) is 5.69 Å². The van der Waals surface area contributed by atoms with E-state index >= 15 is 0 Å². The number of nitrogen functional groups attached to an aromatic ring is 1. The summed E-state index contributed by atoms with van der Waals surface area (Å²) >= 11 is 0. The number of nitrogens with zero attached hydrogens (tertiary/aromatic N) is 2. The minimum Gasteiger partial charge on any atom is -0.382 e. The van der Waals surface area contributed by atoms with Crippen molar-refractivity contribution in [1.82, 2.24) is 15.1 Å². The number of para-hydroxylation sites is 2. The Labute approximate surface area is 160 Å². The van der Waals surface area contributed by atoms with Crippen molar-refractivity contribution in [3.05, 3.63) is 84.2 Å². The molecule has 28 heavy (non-hydrogen) atoms. The van der Waals surface area contributed by atoms with E-state index in [1.165, 1.54) is 12.1 Å². The van der Waals surface area contributed by atoms with Crippen LogP contribution in [-0.4, -0.2) is 15.8 Å². The molecule has 0 aliphatic heterocycles. The third-order valence-electron chi connectivity index (χ3n) is 4.35. The van der Waals surface area contributed by atoms with Gasteiger partial charge in [-0.1, -0.05) is 36.4 Å². The molecule has 0 fully saturated rings. The molecule has 0 aliphatic carbocycles. The molecule has 4 rings (SSSR count). The van der Waals surface area contributed by atoms with Crippen LogP contribution in [0.1, 0.15) is 5.56 Å². The number of hydrogen-bond donors (Lipinski definition) is 3. The van der Waals surface area contributed by atoms with Crippen LogP contribution in [-0.2, 0) is 6.54 Å². The summed E-state index contributed by atoms with van der Waals surface area (Å²) in [6.07, 6.45) is 0. The highest BCUT2D eigenvalue weighted by molar-refractivity contribution is 5.90. The number of urea groups is 1. The van der Waals surface area contributed by atoms with E-state index in [2.05, 4.69) is 15.7 Å². The van der Waals surface area contributed by atoms with Crippen LogP contribution >= 0.6 is 0 Å². The highest BCUT2D eigenvalue weighted by Crippen LogP contribution is 2.23. The van der Waals surface area contributed by atoms with E-state index < -0.39 is 11.8 Å². The Bertz CT molecular complexity index is 1150. The topological polar surface area (TPSA) is 85.0 Å². The van der Waals surface area contributed by atoms with Crippen LogP contribution in [0.4, 0.5) is 20.7 Å². The summed E-state index contributed by atoms with van der Waals surface area (Å²) < 4.78 is 15.4. The number of rotatable bonds is 4. The summed E-state index contributed by atoms with van der Waals surface area (Å²) in [6, 6.07) is 20.9. The molecule has 1 heterocycles. The predicted octanol–water partition coefficient (Wildman–Crippen LogP) is 4.07. The van der Waals surface area contributed by atoms with Crippen molar-refractivity contribution >= 4 is 28.4 Å². The number of nitrogens with one attached hydrogen (secondary N) is 2. The van der Waals surface area contributed by atoms with Gasteiger partial charge >= 0.3 is 6.03 Å². The van der Waals surface area contributed by atoms with Crippen molar-refractivity contribution in [1.29, 1.82) is 0 Å². The van der Waals surface area contributed by atoms with Gasteiger partial charge in [0.2, 0.25) is 0 Å². The van der Waals surface area contributed by atoms with E-state index in [9.17, 15) is 9.18 Å². The van der Waals surface area contributed by atoms with Crippen LogP contribution in [0.3, 0.4) is 0 Å². The summed E-state index contributed by atoms with van der Waals surface area (Å²) in [5, 5.41) is 10.5. The lowest BCUT2D eigenvalue weighted by Crippen LogP contribution is -2.28. The SMILES string of the molecule is Nc1nn(-c2cccc(CNC(=O)Nc3ccccc3F)c2)c2ccccc12. The fraction of sp³-hybridized carbons (Fsp3) is 0.0476. The number of aromatic nitrogens is 2. The number of hydrogen-bond acceptors (Lipinski definition) is 3. The van der Waals surface area contributed by atoms with Crippen LogP contribution in [0.15, 0.2) is 72.8 Å². The zero-order valence-electron chi connectivity index (χ0n) is 14.9. The Hall–Kier alpha value is -3.87. The molecule has 2 amide bonds. The molecular formula is C21H18FN5O. The zero-order chi connectivity index (χ0) is 19.5. The second kappa shape index (κ2) is 7.40. The second-order valence-corrected chi connectivity index (χ2v) is 6.27. The quantitative estimate of drug-likeness (QED) is 0.503. The van der Waals surface area contributed by atoms with Crippen molar-refractivity contribution in [3.63, 3.8) is 0 Å². The second-order valence-electron chi connectivity index (χ2n) is 6.27. The third kappa shape index (κ3) is 3.50. The summed E-state index contributed by atoms with van der Waals surface area (Å²) in [6.45, 7) is 0.281. The smallest absolute Gasteiger partial charge is 0.319 e. The lowest BCUT2D eigenvalue weighted by atomic mass is 10.2. The maximum atomic E-state index is 13.6. The maximum absolute atomic E-state index is 13.6. The molecule has 0 radical (unpaired) electrons. The van der Waals surface area contributed by atoms with E-state index in [1.54, 1.807) is 16.8 Å². The molecule has 3 aromatic carbocycles. The first-order valence-corrected chi connectivity index (χ1v) is 8.74. The van der Waals surface area contributed by atoms with Gasteiger partial charge in [0.05, 0.1) is 16.9 Å². The summed E-state index contributed by atoms with van der Waals surface area (Å²) in [5.74, 6) is -0.0220. The molecule has 0 aliphatic rings. The normalized spacial score (nSPS) is 10.8. The van der Waals surface area contributed by atoms with Crippen LogP contribution in [0.25, 0.3) is 16.6 Å². The van der Waals surface area contributed by atoms with E-state index in [4.69, 9.17) is 5.73 Å². The monoisotopic (exact) mass is 375 g/mol. The van der Waals surface area contributed by atoms with Gasteiger partial charge in [0.1, 0.15) is 5.82 Å². The molecule has 140 valence electrons. The molecule has 7 heteroatoms. The van der Waals surface area contributed by atoms with Gasteiger partial charge < -0.3 is 16.4 Å². The fourth-order valence-corrected chi connectivity index (χ4v) is 3.00. The van der Waals surface area contributed by atoms with Gasteiger partial charge in [0, 0.05) is 11.9 Å². The molecule has 0 unspecified atom stereocenters. The van der Waals surface area contributed by atoms with Crippen LogP contribution in [0.5, 0.6) is 0 Å². The first kappa shape index (κ1) is 17.5. The van der Waals surface area contributed by atoms with Gasteiger partial charge in [-0.2, -0.15) is 0 Å². The Kier molecular flexibility index (Phi) is 4.63. The number of carbonyl (C=O) groups is 1. The Balaban J connectivity index is 1.50. The average molecular weight is 375 g/mol. The van der Waals surface area contributed by atoms with Gasteiger partial charge in [-0.3, -0.25) is 0 Å². The Morgan fingerprint density at radius 3 is 2.68 bits per heavy atom. The highest BCUT2D eigenvalue weighted by atomic mass is 19.1. The predicted molar refractivity (Wildman–Crippen MR) is 108 cm³/mol. The number of anilines is 2. The van der Waals surface area contributed by atoms with Crippen molar-refractivity contribution in [2.24, 2.45) is 0 Å². The number of benzene rings is 3. The lowest BCUT2D eigenvalue weighted by Gasteiger charge is -2.10. The van der Waals surface area contributed by atoms with Crippen LogP contribution < -0.4 is 16.4 Å². The highest BCUT2D eigenvalue weighted by Gasteiger charge is 2.10. The van der Waals surface area contributed by atoms with E-state index in [0.29, 0.717) is 5.82 Å². The minimum absolute atomic E-state index is 0.132. The zero-order valence-corrected chi connectivity index (χ0v) is 14.9. The molecule has 0 saturated heterocycles. The van der Waals surface area contributed by atoms with Crippen molar-refractivity contribution in [2.75, 3.05) is 11.1 Å². The largest absolute Gasteiger partial charge is 0.382 e. The Morgan fingerprint density at radius 1 is 1.04 bits per heavy atom. The van der Waals surface area contributed by atoms with Crippen LogP contribution in [0, 0.1) is 5.82 Å². The number of nitrogens with two attached hydrogens (primary N) is 1. The number of fused-ring (bicyclic) bond motifs is 1. The summed E-state index contributed by atoms with van der Waals surface area (Å²) in [5.41, 5.74) is 8.75. The molecule has 1 aromatic heterocycles. The molecule has 0 saturated carbocycles. The molecule has 4 aromatic rings. The van der Waals surface area contributed by atoms with Crippen LogP contribution in [0.2, 0.25) is 0 Å². The van der Waals surface area contributed by atoms with E-state index in [-0.39, 0.29) is 12.2 Å². The molecule has 4 N–H and O–H groups in total. The summed E-state index contributed by atoms with van der Waals surface area (Å²) in [4.78, 5) is 12.0. The van der Waals surface area contributed by atoms with E-state index in [0.717, 1.165) is 22.2 Å². The first-order valence-electron chi connectivity index (χ1n) is 8.74. The minimum atomic E-state index is -0.484. The van der Waals surface area contributed by atoms with Gasteiger partial charge in [0.25, 0.3) is 0 Å². The van der Waals surface area contributed by atoms with Gasteiger partial charge in [0.15, 0.2) is 5.82 Å². The number of carbonyl (C=O) groups excluding carboxylic acids is 1. The molecular weight excluding hydrogens is 357 g/mol. The van der Waals surface area contributed by atoms with Gasteiger partial charge in [-0.05, 0) is 42.0 Å². The number of amides is 2. The average Bonchev–Trinajstić information content (AvgIpc) is 3.05. The first-order chi connectivity index (χ1) is 13.6. The molecule has 0 spiro atoms. The fourth-order valence-electron chi connectivity index (χ4n) is 3.00. The van der Waals surface area contributed by atoms with Crippen molar-refractivity contribution in [2.45, 2.75) is 6.54 Å². The summed E-state index contributed by atoms with van der Waals surface area (Å²) in [7, 11) is 0. The molecule has 6 nitrogen and oxygen atoms in total.